The second-order valence-electron chi connectivity index (χ2n) is 5.46. The van der Waals surface area contributed by atoms with Gasteiger partial charge in [0.25, 0.3) is 0 Å². The van der Waals surface area contributed by atoms with Gasteiger partial charge in [0.05, 0.1) is 0 Å². The predicted octanol–water partition coefficient (Wildman–Crippen LogP) is 2.48. The molecule has 0 aliphatic rings. The molecule has 0 spiro atoms. The number of rotatable bonds is 7. The van der Waals surface area contributed by atoms with E-state index in [0.29, 0.717) is 5.41 Å². The third-order valence-electron chi connectivity index (χ3n) is 2.46. The summed E-state index contributed by atoms with van der Waals surface area (Å²) in [6.07, 6.45) is 5.11. The molecule has 0 bridgehead atoms. The minimum Gasteiger partial charge on any atom is -0.330 e. The van der Waals surface area contributed by atoms with Crippen LogP contribution in [0.2, 0.25) is 0 Å². The molecule has 15 heavy (non-hydrogen) atoms. The molecule has 0 rings (SSSR count). The van der Waals surface area contributed by atoms with Crippen LogP contribution in [0, 0.1) is 5.41 Å². The van der Waals surface area contributed by atoms with E-state index in [9.17, 15) is 0 Å². The standard InChI is InChI=1S/C12H28N2.Ta/c1-12(2,3)8-5-6-10-14(4)11-7-9-13;/h5-11,13H2,1-4H3;. The topological polar surface area (TPSA) is 29.3 Å². The summed E-state index contributed by atoms with van der Waals surface area (Å²) in [5.74, 6) is 0. The average molecular weight is 381 g/mol. The van der Waals surface area contributed by atoms with E-state index in [1.807, 2.05) is 0 Å². The van der Waals surface area contributed by atoms with Crippen molar-refractivity contribution in [1.29, 1.82) is 0 Å². The van der Waals surface area contributed by atoms with E-state index < -0.39 is 0 Å². The molecule has 0 aromatic carbocycles. The molecule has 0 amide bonds. The molecule has 0 aromatic heterocycles. The monoisotopic (exact) mass is 381 g/mol. The van der Waals surface area contributed by atoms with Crippen LogP contribution in [0.3, 0.4) is 0 Å². The van der Waals surface area contributed by atoms with Crippen molar-refractivity contribution in [2.24, 2.45) is 11.1 Å². The van der Waals surface area contributed by atoms with Gasteiger partial charge in [0.1, 0.15) is 0 Å². The van der Waals surface area contributed by atoms with Gasteiger partial charge in [-0.25, -0.2) is 0 Å². The summed E-state index contributed by atoms with van der Waals surface area (Å²) in [4.78, 5) is 2.38. The Morgan fingerprint density at radius 3 is 2.00 bits per heavy atom. The molecule has 0 saturated carbocycles. The fraction of sp³-hybridized carbons (Fsp3) is 1.00. The van der Waals surface area contributed by atoms with E-state index in [-0.39, 0.29) is 22.4 Å². The molecule has 0 saturated heterocycles. The number of hydrogen-bond donors (Lipinski definition) is 1. The van der Waals surface area contributed by atoms with Crippen molar-refractivity contribution >= 4 is 0 Å². The molecule has 0 heterocycles. The Kier molecular flexibility index (Phi) is 11.9. The Balaban J connectivity index is 0. The quantitative estimate of drug-likeness (QED) is 0.687. The fourth-order valence-corrected chi connectivity index (χ4v) is 1.51. The third-order valence-corrected chi connectivity index (χ3v) is 2.46. The third kappa shape index (κ3) is 14.7. The van der Waals surface area contributed by atoms with Gasteiger partial charge < -0.3 is 10.6 Å². The second-order valence-corrected chi connectivity index (χ2v) is 5.46. The zero-order chi connectivity index (χ0) is 11.0. The van der Waals surface area contributed by atoms with Crippen molar-refractivity contribution in [3.8, 4) is 0 Å². The van der Waals surface area contributed by atoms with Crippen LogP contribution in [0.15, 0.2) is 0 Å². The Morgan fingerprint density at radius 1 is 1.00 bits per heavy atom. The van der Waals surface area contributed by atoms with Gasteiger partial charge >= 0.3 is 0 Å². The maximum Gasteiger partial charge on any atom is 0 e. The van der Waals surface area contributed by atoms with Crippen molar-refractivity contribution in [1.82, 2.24) is 4.90 Å². The number of unbranched alkanes of at least 4 members (excludes halogenated alkanes) is 1. The minimum absolute atomic E-state index is 0. The normalized spacial score (nSPS) is 11.6. The van der Waals surface area contributed by atoms with Gasteiger partial charge in [0.15, 0.2) is 0 Å². The molecule has 91 valence electrons. The van der Waals surface area contributed by atoms with Crippen LogP contribution in [0.5, 0.6) is 0 Å². The van der Waals surface area contributed by atoms with Gasteiger partial charge in [-0.1, -0.05) is 27.2 Å². The minimum atomic E-state index is 0. The Morgan fingerprint density at radius 2 is 1.53 bits per heavy atom. The van der Waals surface area contributed by atoms with E-state index in [1.165, 1.54) is 25.8 Å². The van der Waals surface area contributed by atoms with E-state index >= 15 is 0 Å². The molecular formula is C12H28N2Ta. The summed E-state index contributed by atoms with van der Waals surface area (Å²) >= 11 is 0. The van der Waals surface area contributed by atoms with Gasteiger partial charge in [-0.05, 0) is 51.4 Å². The number of nitrogens with zero attached hydrogens (tertiary/aromatic N) is 1. The SMILES string of the molecule is CN(CCCN)CCCCC(C)(C)C.[Ta]. The number of nitrogens with two attached hydrogens (primary N) is 1. The van der Waals surface area contributed by atoms with Gasteiger partial charge in [-0.15, -0.1) is 0 Å². The number of hydrogen-bond acceptors (Lipinski definition) is 2. The van der Waals surface area contributed by atoms with Crippen molar-refractivity contribution in [3.05, 3.63) is 0 Å². The molecule has 0 fully saturated rings. The summed E-state index contributed by atoms with van der Waals surface area (Å²) in [5.41, 5.74) is 5.96. The first-order valence-electron chi connectivity index (χ1n) is 5.84. The van der Waals surface area contributed by atoms with Crippen LogP contribution in [0.4, 0.5) is 0 Å². The van der Waals surface area contributed by atoms with Crippen LogP contribution in [-0.2, 0) is 22.4 Å². The Bertz CT molecular complexity index is 132. The molecule has 0 aliphatic carbocycles. The van der Waals surface area contributed by atoms with Gasteiger partial charge in [-0.3, -0.25) is 0 Å². The van der Waals surface area contributed by atoms with Gasteiger partial charge in [-0.2, -0.15) is 0 Å². The summed E-state index contributed by atoms with van der Waals surface area (Å²) < 4.78 is 0. The maximum absolute atomic E-state index is 5.46. The Labute approximate surface area is 111 Å². The summed E-state index contributed by atoms with van der Waals surface area (Å²) in [5, 5.41) is 0. The Hall–Kier alpha value is 0.660. The molecule has 0 aromatic rings. The van der Waals surface area contributed by atoms with E-state index in [1.54, 1.807) is 0 Å². The van der Waals surface area contributed by atoms with E-state index in [4.69, 9.17) is 5.73 Å². The summed E-state index contributed by atoms with van der Waals surface area (Å²) in [6, 6.07) is 0. The van der Waals surface area contributed by atoms with Gasteiger partial charge in [0, 0.05) is 22.4 Å². The summed E-state index contributed by atoms with van der Waals surface area (Å²) in [6.45, 7) is 10.1. The van der Waals surface area contributed by atoms with Gasteiger partial charge in [0.2, 0.25) is 0 Å². The summed E-state index contributed by atoms with van der Waals surface area (Å²) in [7, 11) is 2.19. The molecule has 3 heteroatoms. The van der Waals surface area contributed by atoms with Crippen molar-refractivity contribution in [2.45, 2.75) is 46.5 Å². The largest absolute Gasteiger partial charge is 0.330 e. The van der Waals surface area contributed by atoms with E-state index in [2.05, 4.69) is 32.7 Å². The maximum atomic E-state index is 5.46. The first-order chi connectivity index (χ1) is 6.45. The van der Waals surface area contributed by atoms with Crippen LogP contribution in [0.25, 0.3) is 0 Å². The van der Waals surface area contributed by atoms with Crippen LogP contribution < -0.4 is 5.73 Å². The van der Waals surface area contributed by atoms with Crippen LogP contribution in [-0.4, -0.2) is 31.6 Å². The molecule has 0 aliphatic heterocycles. The van der Waals surface area contributed by atoms with Crippen LogP contribution >= 0.6 is 0 Å². The van der Waals surface area contributed by atoms with E-state index in [0.717, 1.165) is 19.5 Å². The first-order valence-corrected chi connectivity index (χ1v) is 5.84. The predicted molar refractivity (Wildman–Crippen MR) is 64.5 cm³/mol. The molecule has 2 N–H and O–H groups in total. The molecule has 1 radical (unpaired) electrons. The smallest absolute Gasteiger partial charge is 0 e. The molecular weight excluding hydrogens is 353 g/mol. The first kappa shape index (κ1) is 18.0. The molecule has 2 nitrogen and oxygen atoms in total. The van der Waals surface area contributed by atoms with Crippen LogP contribution in [0.1, 0.15) is 46.5 Å². The zero-order valence-corrected chi connectivity index (χ0v) is 14.1. The fourth-order valence-electron chi connectivity index (χ4n) is 1.51. The molecule has 0 atom stereocenters. The average Bonchev–Trinajstić information content (AvgIpc) is 2.07. The van der Waals surface area contributed by atoms with Crippen molar-refractivity contribution in [3.63, 3.8) is 0 Å². The van der Waals surface area contributed by atoms with Crippen molar-refractivity contribution < 1.29 is 22.4 Å². The van der Waals surface area contributed by atoms with Crippen molar-refractivity contribution in [2.75, 3.05) is 26.7 Å². The second kappa shape index (κ2) is 9.86. The molecule has 0 unspecified atom stereocenters. The zero-order valence-electron chi connectivity index (χ0n) is 10.9.